The molecular formula is C20H19FN2O2S. The average molecular weight is 370 g/mol. The van der Waals surface area contributed by atoms with Crippen LogP contribution < -0.4 is 10.1 Å². The van der Waals surface area contributed by atoms with Gasteiger partial charge in [-0.05, 0) is 66.3 Å². The number of furan rings is 1. The second kappa shape index (κ2) is 8.49. The van der Waals surface area contributed by atoms with E-state index in [1.165, 1.54) is 12.1 Å². The van der Waals surface area contributed by atoms with Crippen molar-refractivity contribution in [3.05, 3.63) is 84.1 Å². The Morgan fingerprint density at radius 1 is 1.08 bits per heavy atom. The number of nitrogens with zero attached hydrogens (tertiary/aromatic N) is 1. The third-order valence-electron chi connectivity index (χ3n) is 3.84. The highest BCUT2D eigenvalue weighted by atomic mass is 32.1. The standard InChI is InChI=1S/C20H19FN2O2S/c1-24-18-10-8-17(9-11-18)22-20(26)23(14-19-3-2-12-25-19)13-15-4-6-16(21)7-5-15/h2-12H,13-14H2,1H3,(H,22,26). The summed E-state index contributed by atoms with van der Waals surface area (Å²) >= 11 is 5.58. The SMILES string of the molecule is COc1ccc(NC(=S)N(Cc2ccc(F)cc2)Cc2ccco2)cc1. The zero-order valence-corrected chi connectivity index (χ0v) is 15.1. The lowest BCUT2D eigenvalue weighted by Gasteiger charge is -2.25. The fourth-order valence-corrected chi connectivity index (χ4v) is 2.72. The molecule has 3 rings (SSSR count). The van der Waals surface area contributed by atoms with E-state index < -0.39 is 0 Å². The molecule has 0 aliphatic heterocycles. The molecule has 3 aromatic rings. The first-order valence-electron chi connectivity index (χ1n) is 8.11. The number of halogens is 1. The Balaban J connectivity index is 1.74. The molecule has 0 aliphatic rings. The highest BCUT2D eigenvalue weighted by Crippen LogP contribution is 2.17. The molecule has 26 heavy (non-hydrogen) atoms. The molecule has 6 heteroatoms. The molecule has 0 atom stereocenters. The van der Waals surface area contributed by atoms with Crippen LogP contribution in [0.15, 0.2) is 71.3 Å². The molecular weight excluding hydrogens is 351 g/mol. The van der Waals surface area contributed by atoms with Crippen molar-refractivity contribution < 1.29 is 13.5 Å². The van der Waals surface area contributed by atoms with Crippen molar-refractivity contribution in [2.75, 3.05) is 12.4 Å². The van der Waals surface area contributed by atoms with Crippen molar-refractivity contribution in [2.45, 2.75) is 13.1 Å². The average Bonchev–Trinajstić information content (AvgIpc) is 3.17. The van der Waals surface area contributed by atoms with Crippen LogP contribution in [0.1, 0.15) is 11.3 Å². The van der Waals surface area contributed by atoms with Crippen LogP contribution in [0.25, 0.3) is 0 Å². The van der Waals surface area contributed by atoms with Gasteiger partial charge in [-0.25, -0.2) is 4.39 Å². The molecule has 134 valence electrons. The van der Waals surface area contributed by atoms with E-state index in [-0.39, 0.29) is 5.82 Å². The lowest BCUT2D eigenvalue weighted by Crippen LogP contribution is -2.33. The van der Waals surface area contributed by atoms with Gasteiger partial charge in [0.15, 0.2) is 5.11 Å². The largest absolute Gasteiger partial charge is 0.497 e. The van der Waals surface area contributed by atoms with Gasteiger partial charge in [0.05, 0.1) is 19.9 Å². The Labute approximate surface area is 157 Å². The molecule has 0 saturated carbocycles. The quantitative estimate of drug-likeness (QED) is 0.629. The van der Waals surface area contributed by atoms with Crippen molar-refractivity contribution in [1.29, 1.82) is 0 Å². The predicted octanol–water partition coefficient (Wildman–Crippen LogP) is 4.83. The van der Waals surface area contributed by atoms with Gasteiger partial charge in [0.1, 0.15) is 17.3 Å². The summed E-state index contributed by atoms with van der Waals surface area (Å²) in [6, 6.07) is 17.6. The molecule has 2 aromatic carbocycles. The molecule has 0 amide bonds. The number of nitrogens with one attached hydrogen (secondary N) is 1. The van der Waals surface area contributed by atoms with Crippen LogP contribution in [-0.4, -0.2) is 17.1 Å². The second-order valence-corrected chi connectivity index (χ2v) is 6.11. The fourth-order valence-electron chi connectivity index (χ4n) is 2.48. The van der Waals surface area contributed by atoms with Crippen molar-refractivity contribution in [3.8, 4) is 5.75 Å². The van der Waals surface area contributed by atoms with Crippen molar-refractivity contribution >= 4 is 23.0 Å². The number of methoxy groups -OCH3 is 1. The number of hydrogen-bond donors (Lipinski definition) is 1. The van der Waals surface area contributed by atoms with Crippen molar-refractivity contribution in [1.82, 2.24) is 4.90 Å². The Morgan fingerprint density at radius 2 is 1.81 bits per heavy atom. The normalized spacial score (nSPS) is 10.4. The highest BCUT2D eigenvalue weighted by Gasteiger charge is 2.13. The summed E-state index contributed by atoms with van der Waals surface area (Å²) in [6.45, 7) is 1.04. The number of benzene rings is 2. The summed E-state index contributed by atoms with van der Waals surface area (Å²) in [5.41, 5.74) is 1.82. The van der Waals surface area contributed by atoms with Gasteiger partial charge in [-0.3, -0.25) is 0 Å². The summed E-state index contributed by atoms with van der Waals surface area (Å²) in [5, 5.41) is 3.78. The minimum atomic E-state index is -0.259. The van der Waals surface area contributed by atoms with Crippen LogP contribution >= 0.6 is 12.2 Å². The number of anilines is 1. The van der Waals surface area contributed by atoms with Gasteiger partial charge in [-0.1, -0.05) is 12.1 Å². The van der Waals surface area contributed by atoms with E-state index >= 15 is 0 Å². The van der Waals surface area contributed by atoms with E-state index in [1.54, 1.807) is 25.5 Å². The Kier molecular flexibility index (Phi) is 5.86. The van der Waals surface area contributed by atoms with Gasteiger partial charge >= 0.3 is 0 Å². The van der Waals surface area contributed by atoms with Crippen LogP contribution in [0, 0.1) is 5.82 Å². The molecule has 0 radical (unpaired) electrons. The van der Waals surface area contributed by atoms with E-state index in [4.69, 9.17) is 21.4 Å². The first-order chi connectivity index (χ1) is 12.6. The summed E-state index contributed by atoms with van der Waals surface area (Å²) in [5.74, 6) is 1.32. The van der Waals surface area contributed by atoms with Crippen LogP contribution in [0.5, 0.6) is 5.75 Å². The van der Waals surface area contributed by atoms with E-state index in [0.717, 1.165) is 22.8 Å². The molecule has 0 bridgehead atoms. The van der Waals surface area contributed by atoms with Gasteiger partial charge in [0, 0.05) is 12.2 Å². The third kappa shape index (κ3) is 4.83. The van der Waals surface area contributed by atoms with Gasteiger partial charge in [-0.15, -0.1) is 0 Å². The first kappa shape index (κ1) is 17.9. The van der Waals surface area contributed by atoms with Gasteiger partial charge < -0.3 is 19.4 Å². The van der Waals surface area contributed by atoms with E-state index in [1.807, 2.05) is 41.3 Å². The molecule has 1 aromatic heterocycles. The monoisotopic (exact) mass is 370 g/mol. The number of ether oxygens (including phenoxy) is 1. The van der Waals surface area contributed by atoms with E-state index in [9.17, 15) is 4.39 Å². The van der Waals surface area contributed by atoms with Crippen LogP contribution in [0.3, 0.4) is 0 Å². The molecule has 0 aliphatic carbocycles. The zero-order valence-electron chi connectivity index (χ0n) is 14.3. The lowest BCUT2D eigenvalue weighted by molar-refractivity contribution is 0.360. The van der Waals surface area contributed by atoms with E-state index in [2.05, 4.69) is 5.32 Å². The molecule has 4 nitrogen and oxygen atoms in total. The molecule has 0 spiro atoms. The summed E-state index contributed by atoms with van der Waals surface area (Å²) in [7, 11) is 1.63. The Hall–Kier alpha value is -2.86. The summed E-state index contributed by atoms with van der Waals surface area (Å²) < 4.78 is 23.8. The summed E-state index contributed by atoms with van der Waals surface area (Å²) in [4.78, 5) is 1.96. The lowest BCUT2D eigenvalue weighted by atomic mass is 10.2. The second-order valence-electron chi connectivity index (χ2n) is 5.72. The minimum Gasteiger partial charge on any atom is -0.497 e. The molecule has 0 fully saturated rings. The van der Waals surface area contributed by atoms with E-state index in [0.29, 0.717) is 18.2 Å². The topological polar surface area (TPSA) is 37.6 Å². The number of hydrogen-bond acceptors (Lipinski definition) is 3. The summed E-state index contributed by atoms with van der Waals surface area (Å²) in [6.07, 6.45) is 1.63. The molecule has 0 saturated heterocycles. The molecule has 1 heterocycles. The Morgan fingerprint density at radius 3 is 2.42 bits per heavy atom. The smallest absolute Gasteiger partial charge is 0.174 e. The third-order valence-corrected chi connectivity index (χ3v) is 4.20. The first-order valence-corrected chi connectivity index (χ1v) is 8.51. The zero-order chi connectivity index (χ0) is 18.4. The maximum atomic E-state index is 13.2. The molecule has 1 N–H and O–H groups in total. The van der Waals surface area contributed by atoms with Gasteiger partial charge in [-0.2, -0.15) is 0 Å². The van der Waals surface area contributed by atoms with Crippen molar-refractivity contribution in [3.63, 3.8) is 0 Å². The molecule has 0 unspecified atom stereocenters. The van der Waals surface area contributed by atoms with Crippen LogP contribution in [0.2, 0.25) is 0 Å². The van der Waals surface area contributed by atoms with Crippen molar-refractivity contribution in [2.24, 2.45) is 0 Å². The number of rotatable bonds is 6. The van der Waals surface area contributed by atoms with Crippen LogP contribution in [0.4, 0.5) is 10.1 Å². The predicted molar refractivity (Wildman–Crippen MR) is 104 cm³/mol. The Bertz CT molecular complexity index is 833. The van der Waals surface area contributed by atoms with Crippen LogP contribution in [-0.2, 0) is 13.1 Å². The van der Waals surface area contributed by atoms with Gasteiger partial charge in [0.2, 0.25) is 0 Å². The number of thiocarbonyl (C=S) groups is 1. The highest BCUT2D eigenvalue weighted by molar-refractivity contribution is 7.80. The van der Waals surface area contributed by atoms with Gasteiger partial charge in [0.25, 0.3) is 0 Å². The minimum absolute atomic E-state index is 0.259. The maximum absolute atomic E-state index is 13.2. The fraction of sp³-hybridized carbons (Fsp3) is 0.150. The maximum Gasteiger partial charge on any atom is 0.174 e.